The number of aliphatic imine (C=N–C) groups is 1. The summed E-state index contributed by atoms with van der Waals surface area (Å²) in [5.74, 6) is -0.481. The van der Waals surface area contributed by atoms with E-state index in [0.717, 1.165) is 11.1 Å². The molecule has 1 unspecified atom stereocenters. The Morgan fingerprint density at radius 2 is 1.82 bits per heavy atom. The lowest BCUT2D eigenvalue weighted by Crippen LogP contribution is -2.68. The molecule has 0 saturated carbocycles. The predicted molar refractivity (Wildman–Crippen MR) is 132 cm³/mol. The van der Waals surface area contributed by atoms with Gasteiger partial charge in [-0.2, -0.15) is 4.99 Å². The number of nitrogens with zero attached hydrogens (tertiary/aromatic N) is 2. The van der Waals surface area contributed by atoms with E-state index in [1.807, 2.05) is 39.0 Å². The van der Waals surface area contributed by atoms with E-state index in [-0.39, 0.29) is 22.7 Å². The smallest absolute Gasteiger partial charge is 0.335 e. The molecule has 0 bridgehead atoms. The molecule has 1 aliphatic rings. The summed E-state index contributed by atoms with van der Waals surface area (Å²) >= 11 is 0. The molecule has 182 valence electrons. The number of likely N-dealkylation sites (N-methyl/N-ethyl adjacent to an activating group) is 1. The zero-order valence-corrected chi connectivity index (χ0v) is 20.4. The van der Waals surface area contributed by atoms with Crippen LogP contribution in [0.1, 0.15) is 42.3 Å². The molecule has 3 rings (SSSR count). The summed E-state index contributed by atoms with van der Waals surface area (Å²) in [6, 6.07) is 13.3. The Balaban J connectivity index is 1.96. The minimum atomic E-state index is -3.86. The topological polar surface area (TPSA) is 148 Å². The highest BCUT2D eigenvalue weighted by molar-refractivity contribution is 7.89. The number of sulfonamides is 1. The monoisotopic (exact) mass is 486 g/mol. The fourth-order valence-corrected chi connectivity index (χ4v) is 4.97. The van der Waals surface area contributed by atoms with Gasteiger partial charge in [-0.1, -0.05) is 24.3 Å². The van der Waals surface area contributed by atoms with Gasteiger partial charge in [0.2, 0.25) is 10.0 Å². The normalized spacial score (nSPS) is 18.6. The average molecular weight is 487 g/mol. The Bertz CT molecular complexity index is 1220. The van der Waals surface area contributed by atoms with Crippen LogP contribution in [0.3, 0.4) is 0 Å². The van der Waals surface area contributed by atoms with E-state index in [1.165, 1.54) is 6.07 Å². The van der Waals surface area contributed by atoms with Gasteiger partial charge >= 0.3 is 11.9 Å². The lowest BCUT2D eigenvalue weighted by Gasteiger charge is -2.45. The molecule has 0 amide bonds. The van der Waals surface area contributed by atoms with E-state index in [4.69, 9.17) is 16.0 Å². The van der Waals surface area contributed by atoms with Gasteiger partial charge in [0.15, 0.2) is 6.17 Å². The third-order valence-corrected chi connectivity index (χ3v) is 7.30. The summed E-state index contributed by atoms with van der Waals surface area (Å²) in [5.41, 5.74) is 9.16. The van der Waals surface area contributed by atoms with Crippen LogP contribution in [-0.2, 0) is 16.4 Å². The third-order valence-electron chi connectivity index (χ3n) is 6.39. The second-order valence-corrected chi connectivity index (χ2v) is 10.0. The van der Waals surface area contributed by atoms with Crippen molar-refractivity contribution in [1.29, 1.82) is 0 Å². The molecular formula is C24H32N5O4S+. The maximum Gasteiger partial charge on any atom is 0.335 e. The lowest BCUT2D eigenvalue weighted by molar-refractivity contribution is -0.860. The third kappa shape index (κ3) is 5.20. The van der Waals surface area contributed by atoms with Crippen LogP contribution in [0.2, 0.25) is 0 Å². The van der Waals surface area contributed by atoms with Gasteiger partial charge in [-0.25, -0.2) is 22.8 Å². The Labute approximate surface area is 200 Å². The number of aromatic carboxylic acids is 1. The fraction of sp³-hybridized carbons (Fsp3) is 0.333. The summed E-state index contributed by atoms with van der Waals surface area (Å²) < 4.78 is 24.3. The van der Waals surface area contributed by atoms with Gasteiger partial charge in [-0.15, -0.1) is 0 Å². The maximum atomic E-state index is 11.9. The molecule has 0 radical (unpaired) electrons. The summed E-state index contributed by atoms with van der Waals surface area (Å²) in [5, 5.41) is 18.2. The van der Waals surface area contributed by atoms with Crippen molar-refractivity contribution in [2.45, 2.75) is 44.3 Å². The molecule has 1 aliphatic heterocycles. The fourth-order valence-electron chi connectivity index (χ4n) is 4.42. The van der Waals surface area contributed by atoms with E-state index in [1.54, 1.807) is 30.5 Å². The van der Waals surface area contributed by atoms with Crippen molar-refractivity contribution in [1.82, 2.24) is 5.32 Å². The number of carboxylic acids is 1. The zero-order chi connectivity index (χ0) is 25.1. The number of guanidine groups is 1. The molecule has 2 atom stereocenters. The van der Waals surface area contributed by atoms with Crippen LogP contribution >= 0.6 is 0 Å². The molecule has 0 aliphatic carbocycles. The van der Waals surface area contributed by atoms with Crippen molar-refractivity contribution in [2.24, 2.45) is 15.9 Å². The molecular weight excluding hydrogens is 454 g/mol. The highest BCUT2D eigenvalue weighted by Gasteiger charge is 2.44. The van der Waals surface area contributed by atoms with Gasteiger partial charge < -0.3 is 10.8 Å². The van der Waals surface area contributed by atoms with E-state index in [0.29, 0.717) is 35.5 Å². The molecule has 0 spiro atoms. The standard InChI is InChI=1S/C24H31N5O4S/c1-4-29(5-2)22(28-16(3)13-17-9-11-18(12-10-17)23(30)31)21(15-27-24(29)25)19-7-6-8-20(14-19)34(26,32)33/h6-12,14-16,22,28H,4-5,13H2,1-3H3,(H4-,25,26,27,30,31,32,33)/p+1/t16-,22?/m1/s1. The Morgan fingerprint density at radius 3 is 2.38 bits per heavy atom. The first-order chi connectivity index (χ1) is 16.0. The van der Waals surface area contributed by atoms with Crippen LogP contribution in [0.15, 0.2) is 64.6 Å². The van der Waals surface area contributed by atoms with Gasteiger partial charge in [0.25, 0.3) is 0 Å². The summed E-state index contributed by atoms with van der Waals surface area (Å²) in [7, 11) is -3.86. The first-order valence-corrected chi connectivity index (χ1v) is 12.7. The van der Waals surface area contributed by atoms with Crippen LogP contribution in [0.5, 0.6) is 0 Å². The molecule has 0 saturated heterocycles. The predicted octanol–water partition coefficient (Wildman–Crippen LogP) is 2.10. The van der Waals surface area contributed by atoms with Crippen molar-refractivity contribution in [3.05, 3.63) is 71.4 Å². The molecule has 9 nitrogen and oxygen atoms in total. The van der Waals surface area contributed by atoms with Crippen LogP contribution in [0.4, 0.5) is 0 Å². The van der Waals surface area contributed by atoms with Gasteiger partial charge in [-0.3, -0.25) is 5.32 Å². The van der Waals surface area contributed by atoms with Gasteiger partial charge in [0.05, 0.1) is 29.1 Å². The maximum absolute atomic E-state index is 11.9. The van der Waals surface area contributed by atoms with Crippen LogP contribution in [0.25, 0.3) is 5.57 Å². The van der Waals surface area contributed by atoms with Crippen molar-refractivity contribution in [3.63, 3.8) is 0 Å². The second-order valence-electron chi connectivity index (χ2n) is 8.49. The van der Waals surface area contributed by atoms with Crippen LogP contribution in [-0.4, -0.2) is 55.2 Å². The number of quaternary nitrogens is 1. The van der Waals surface area contributed by atoms with Crippen molar-refractivity contribution in [2.75, 3.05) is 13.1 Å². The molecule has 2 aromatic carbocycles. The zero-order valence-electron chi connectivity index (χ0n) is 19.6. The number of hydrogen-bond donors (Lipinski definition) is 4. The number of nitrogens with one attached hydrogen (secondary N) is 1. The van der Waals surface area contributed by atoms with E-state index >= 15 is 0 Å². The van der Waals surface area contributed by atoms with Crippen LogP contribution in [0, 0.1) is 0 Å². The highest BCUT2D eigenvalue weighted by Crippen LogP contribution is 2.31. The summed E-state index contributed by atoms with van der Waals surface area (Å²) in [6.45, 7) is 7.48. The van der Waals surface area contributed by atoms with Crippen LogP contribution < -0.4 is 16.2 Å². The number of nitrogens with two attached hydrogens (primary N) is 2. The van der Waals surface area contributed by atoms with E-state index < -0.39 is 16.0 Å². The molecule has 1 heterocycles. The van der Waals surface area contributed by atoms with Gasteiger partial charge in [-0.05, 0) is 62.6 Å². The molecule has 6 N–H and O–H groups in total. The number of rotatable bonds is 9. The minimum Gasteiger partial charge on any atom is -0.478 e. The Hall–Kier alpha value is -3.05. The molecule has 10 heteroatoms. The molecule has 0 aromatic heterocycles. The SMILES string of the molecule is CC[N+]1(CC)C(N)=NC=C(c2cccc(S(N)(=O)=O)c2)C1N[C@H](C)Cc1ccc(C(=O)O)cc1. The van der Waals surface area contributed by atoms with Gasteiger partial charge in [0.1, 0.15) is 0 Å². The Kier molecular flexibility index (Phi) is 7.57. The van der Waals surface area contributed by atoms with E-state index in [9.17, 15) is 13.2 Å². The molecule has 34 heavy (non-hydrogen) atoms. The first-order valence-electron chi connectivity index (χ1n) is 11.1. The number of carbonyl (C=O) groups is 1. The first kappa shape index (κ1) is 25.6. The quantitative estimate of drug-likeness (QED) is 0.399. The Morgan fingerprint density at radius 1 is 1.18 bits per heavy atom. The van der Waals surface area contributed by atoms with Crippen molar-refractivity contribution >= 4 is 27.5 Å². The average Bonchev–Trinajstić information content (AvgIpc) is 2.80. The number of hydrogen-bond acceptors (Lipinski definition) is 6. The minimum absolute atomic E-state index is 0.00741. The number of primary sulfonamides is 1. The summed E-state index contributed by atoms with van der Waals surface area (Å²) in [4.78, 5) is 15.6. The van der Waals surface area contributed by atoms with Crippen molar-refractivity contribution < 1.29 is 22.8 Å². The molecule has 0 fully saturated rings. The summed E-state index contributed by atoms with van der Waals surface area (Å²) in [6.07, 6.45) is 2.06. The number of carboxylic acid groups (broad SMARTS) is 1. The number of benzene rings is 2. The highest BCUT2D eigenvalue weighted by atomic mass is 32.2. The largest absolute Gasteiger partial charge is 0.478 e. The second kappa shape index (κ2) is 10.1. The molecule has 2 aromatic rings. The van der Waals surface area contributed by atoms with E-state index in [2.05, 4.69) is 10.3 Å². The van der Waals surface area contributed by atoms with Crippen molar-refractivity contribution in [3.8, 4) is 0 Å². The lowest BCUT2D eigenvalue weighted by atomic mass is 9.98. The van der Waals surface area contributed by atoms with Gasteiger partial charge in [0, 0.05) is 12.2 Å².